The minimum Gasteiger partial charge on any atom is -0.371 e. The van der Waals surface area contributed by atoms with Gasteiger partial charge in [-0.2, -0.15) is 0 Å². The van der Waals surface area contributed by atoms with Gasteiger partial charge < -0.3 is 4.90 Å². The predicted molar refractivity (Wildman–Crippen MR) is 65.8 cm³/mol. The van der Waals surface area contributed by atoms with Gasteiger partial charge in [-0.25, -0.2) is 4.39 Å². The third kappa shape index (κ3) is 3.69. The SMILES string of the molecule is CCN(CC(C)C)c1cc(F)cc([N+](=O)[O-])c1. The third-order valence-electron chi connectivity index (χ3n) is 2.41. The molecule has 0 bridgehead atoms. The zero-order chi connectivity index (χ0) is 13.0. The van der Waals surface area contributed by atoms with Crippen LogP contribution in [0.3, 0.4) is 0 Å². The van der Waals surface area contributed by atoms with E-state index in [1.807, 2.05) is 11.8 Å². The van der Waals surface area contributed by atoms with Crippen LogP contribution in [-0.2, 0) is 0 Å². The Labute approximate surface area is 100 Å². The summed E-state index contributed by atoms with van der Waals surface area (Å²) in [5.74, 6) is -0.159. The molecule has 0 amide bonds. The molecule has 0 radical (unpaired) electrons. The first kappa shape index (κ1) is 13.4. The number of nitro benzene ring substituents is 1. The third-order valence-corrected chi connectivity index (χ3v) is 2.41. The van der Waals surface area contributed by atoms with Crippen LogP contribution in [-0.4, -0.2) is 18.0 Å². The lowest BCUT2D eigenvalue weighted by Crippen LogP contribution is -2.27. The van der Waals surface area contributed by atoms with Gasteiger partial charge in [0.15, 0.2) is 0 Å². The maximum atomic E-state index is 13.3. The Bertz CT molecular complexity index is 407. The molecule has 0 aliphatic rings. The molecule has 4 nitrogen and oxygen atoms in total. The van der Waals surface area contributed by atoms with E-state index < -0.39 is 10.7 Å². The lowest BCUT2D eigenvalue weighted by Gasteiger charge is -2.24. The highest BCUT2D eigenvalue weighted by Gasteiger charge is 2.14. The Morgan fingerprint density at radius 1 is 1.41 bits per heavy atom. The van der Waals surface area contributed by atoms with Crippen molar-refractivity contribution in [3.05, 3.63) is 34.1 Å². The number of nitrogens with zero attached hydrogens (tertiary/aromatic N) is 2. The molecule has 0 atom stereocenters. The molecular weight excluding hydrogens is 223 g/mol. The maximum absolute atomic E-state index is 13.3. The summed E-state index contributed by atoms with van der Waals surface area (Å²) in [5, 5.41) is 10.7. The Kier molecular flexibility index (Phi) is 4.43. The monoisotopic (exact) mass is 240 g/mol. The second kappa shape index (κ2) is 5.61. The van der Waals surface area contributed by atoms with Crippen LogP contribution in [0.5, 0.6) is 0 Å². The smallest absolute Gasteiger partial charge is 0.274 e. The second-order valence-electron chi connectivity index (χ2n) is 4.36. The lowest BCUT2D eigenvalue weighted by atomic mass is 10.2. The van der Waals surface area contributed by atoms with Gasteiger partial charge in [0.2, 0.25) is 0 Å². The molecule has 1 aromatic rings. The summed E-state index contributed by atoms with van der Waals surface area (Å²) in [6.45, 7) is 7.49. The Morgan fingerprint density at radius 3 is 2.53 bits per heavy atom. The fourth-order valence-corrected chi connectivity index (χ4v) is 1.70. The summed E-state index contributed by atoms with van der Waals surface area (Å²) in [6, 6.07) is 3.68. The summed E-state index contributed by atoms with van der Waals surface area (Å²) in [4.78, 5) is 12.0. The van der Waals surface area contributed by atoms with E-state index in [1.165, 1.54) is 12.1 Å². The normalized spacial score (nSPS) is 10.6. The highest BCUT2D eigenvalue weighted by molar-refractivity contribution is 5.53. The Hall–Kier alpha value is -1.65. The summed E-state index contributed by atoms with van der Waals surface area (Å²) in [5.41, 5.74) is 0.357. The van der Waals surface area contributed by atoms with Crippen LogP contribution < -0.4 is 4.90 Å². The first-order valence-electron chi connectivity index (χ1n) is 5.64. The predicted octanol–water partition coefficient (Wildman–Crippen LogP) is 3.22. The van der Waals surface area contributed by atoms with Crippen LogP contribution in [0, 0.1) is 21.8 Å². The summed E-state index contributed by atoms with van der Waals surface area (Å²) in [6.07, 6.45) is 0. The molecule has 0 saturated heterocycles. The largest absolute Gasteiger partial charge is 0.371 e. The number of hydrogen-bond donors (Lipinski definition) is 0. The van der Waals surface area contributed by atoms with Crippen molar-refractivity contribution in [2.75, 3.05) is 18.0 Å². The Balaban J connectivity index is 3.06. The van der Waals surface area contributed by atoms with Crippen molar-refractivity contribution in [2.45, 2.75) is 20.8 Å². The number of benzene rings is 1. The molecule has 0 aromatic heterocycles. The van der Waals surface area contributed by atoms with E-state index in [-0.39, 0.29) is 5.69 Å². The van der Waals surface area contributed by atoms with Gasteiger partial charge >= 0.3 is 0 Å². The van der Waals surface area contributed by atoms with Gasteiger partial charge in [-0.3, -0.25) is 10.1 Å². The average molecular weight is 240 g/mol. The molecule has 0 heterocycles. The van der Waals surface area contributed by atoms with E-state index in [0.29, 0.717) is 18.2 Å². The number of rotatable bonds is 5. The average Bonchev–Trinajstić information content (AvgIpc) is 2.24. The first-order chi connectivity index (χ1) is 7.93. The van der Waals surface area contributed by atoms with Crippen molar-refractivity contribution in [2.24, 2.45) is 5.92 Å². The highest BCUT2D eigenvalue weighted by atomic mass is 19.1. The molecule has 0 aliphatic heterocycles. The van der Waals surface area contributed by atoms with Crippen molar-refractivity contribution >= 4 is 11.4 Å². The highest BCUT2D eigenvalue weighted by Crippen LogP contribution is 2.23. The molecule has 0 spiro atoms. The summed E-state index contributed by atoms with van der Waals surface area (Å²) >= 11 is 0. The fourth-order valence-electron chi connectivity index (χ4n) is 1.70. The molecule has 0 fully saturated rings. The molecule has 1 rings (SSSR count). The summed E-state index contributed by atoms with van der Waals surface area (Å²) in [7, 11) is 0. The van der Waals surface area contributed by atoms with Gasteiger partial charge in [0, 0.05) is 24.8 Å². The van der Waals surface area contributed by atoms with Crippen LogP contribution in [0.4, 0.5) is 15.8 Å². The lowest BCUT2D eigenvalue weighted by molar-refractivity contribution is -0.385. The number of anilines is 1. The van der Waals surface area contributed by atoms with Gasteiger partial charge in [-0.05, 0) is 18.9 Å². The van der Waals surface area contributed by atoms with Crippen molar-refractivity contribution in [1.82, 2.24) is 0 Å². The maximum Gasteiger partial charge on any atom is 0.274 e. The molecule has 0 aliphatic carbocycles. The van der Waals surface area contributed by atoms with E-state index in [1.54, 1.807) is 0 Å². The number of halogens is 1. The van der Waals surface area contributed by atoms with Crippen LogP contribution in [0.25, 0.3) is 0 Å². The number of hydrogen-bond acceptors (Lipinski definition) is 3. The first-order valence-corrected chi connectivity index (χ1v) is 5.64. The van der Waals surface area contributed by atoms with Crippen molar-refractivity contribution in [3.63, 3.8) is 0 Å². The van der Waals surface area contributed by atoms with Crippen molar-refractivity contribution < 1.29 is 9.31 Å². The molecule has 0 saturated carbocycles. The van der Waals surface area contributed by atoms with Gasteiger partial charge in [-0.1, -0.05) is 13.8 Å². The molecule has 0 unspecified atom stereocenters. The van der Waals surface area contributed by atoms with E-state index >= 15 is 0 Å². The quantitative estimate of drug-likeness (QED) is 0.586. The van der Waals surface area contributed by atoms with E-state index in [0.717, 1.165) is 12.6 Å². The number of nitro groups is 1. The molecule has 5 heteroatoms. The van der Waals surface area contributed by atoms with E-state index in [2.05, 4.69) is 13.8 Å². The zero-order valence-corrected chi connectivity index (χ0v) is 10.3. The van der Waals surface area contributed by atoms with Gasteiger partial charge in [-0.15, -0.1) is 0 Å². The molecule has 1 aromatic carbocycles. The van der Waals surface area contributed by atoms with Gasteiger partial charge in [0.05, 0.1) is 11.0 Å². The minimum atomic E-state index is -0.574. The molecule has 17 heavy (non-hydrogen) atoms. The standard InChI is InChI=1S/C12H17FN2O2/c1-4-14(8-9(2)3)11-5-10(13)6-12(7-11)15(16)17/h5-7,9H,4,8H2,1-3H3. The summed E-state index contributed by atoms with van der Waals surface area (Å²) < 4.78 is 13.3. The van der Waals surface area contributed by atoms with Crippen molar-refractivity contribution in [3.8, 4) is 0 Å². The van der Waals surface area contributed by atoms with Gasteiger partial charge in [0.1, 0.15) is 5.82 Å². The number of non-ortho nitro benzene ring substituents is 1. The molecule has 94 valence electrons. The zero-order valence-electron chi connectivity index (χ0n) is 10.3. The molecular formula is C12H17FN2O2. The van der Waals surface area contributed by atoms with E-state index in [9.17, 15) is 14.5 Å². The van der Waals surface area contributed by atoms with Crippen LogP contribution in [0.2, 0.25) is 0 Å². The Morgan fingerprint density at radius 2 is 2.06 bits per heavy atom. The second-order valence-corrected chi connectivity index (χ2v) is 4.36. The minimum absolute atomic E-state index is 0.206. The molecule has 0 N–H and O–H groups in total. The fraction of sp³-hybridized carbons (Fsp3) is 0.500. The topological polar surface area (TPSA) is 46.4 Å². The van der Waals surface area contributed by atoms with Crippen molar-refractivity contribution in [1.29, 1.82) is 0 Å². The van der Waals surface area contributed by atoms with Gasteiger partial charge in [0.25, 0.3) is 5.69 Å². The van der Waals surface area contributed by atoms with Crippen LogP contribution in [0.15, 0.2) is 18.2 Å². The van der Waals surface area contributed by atoms with Crippen LogP contribution in [0.1, 0.15) is 20.8 Å². The van der Waals surface area contributed by atoms with E-state index in [4.69, 9.17) is 0 Å². The van der Waals surface area contributed by atoms with Crippen LogP contribution >= 0.6 is 0 Å².